The third kappa shape index (κ3) is 2.91. The lowest BCUT2D eigenvalue weighted by Crippen LogP contribution is -2.60. The van der Waals surface area contributed by atoms with Crippen LogP contribution in [0.5, 0.6) is 0 Å². The molecule has 2 atom stereocenters. The summed E-state index contributed by atoms with van der Waals surface area (Å²) in [6.45, 7) is 4.92. The summed E-state index contributed by atoms with van der Waals surface area (Å²) in [6, 6.07) is 2.54. The van der Waals surface area contributed by atoms with Crippen LogP contribution in [0.2, 0.25) is 0 Å². The fourth-order valence-electron chi connectivity index (χ4n) is 4.06. The van der Waals surface area contributed by atoms with Gasteiger partial charge in [0.15, 0.2) is 0 Å². The van der Waals surface area contributed by atoms with E-state index in [-0.39, 0.29) is 0 Å². The third-order valence-corrected chi connectivity index (χ3v) is 5.43. The van der Waals surface area contributed by atoms with Crippen LogP contribution in [0, 0.1) is 5.92 Å². The van der Waals surface area contributed by atoms with E-state index in [1.807, 2.05) is 0 Å². The molecule has 18 heavy (non-hydrogen) atoms. The SMILES string of the molecule is CCC1CN(C2CCCCCC2)C(C2CC2)CN1. The Morgan fingerprint density at radius 3 is 2.33 bits per heavy atom. The molecule has 2 heteroatoms. The molecule has 2 nitrogen and oxygen atoms in total. The lowest BCUT2D eigenvalue weighted by molar-refractivity contribution is 0.0603. The van der Waals surface area contributed by atoms with Crippen molar-refractivity contribution in [3.05, 3.63) is 0 Å². The van der Waals surface area contributed by atoms with Crippen molar-refractivity contribution in [2.75, 3.05) is 13.1 Å². The van der Waals surface area contributed by atoms with E-state index in [0.717, 1.165) is 24.0 Å². The quantitative estimate of drug-likeness (QED) is 0.774. The van der Waals surface area contributed by atoms with Crippen LogP contribution < -0.4 is 5.32 Å². The Bertz CT molecular complexity index is 254. The number of hydrogen-bond acceptors (Lipinski definition) is 2. The van der Waals surface area contributed by atoms with Crippen molar-refractivity contribution in [1.29, 1.82) is 0 Å². The van der Waals surface area contributed by atoms with E-state index < -0.39 is 0 Å². The Kier molecular flexibility index (Phi) is 4.25. The van der Waals surface area contributed by atoms with E-state index in [4.69, 9.17) is 0 Å². The van der Waals surface area contributed by atoms with Crippen molar-refractivity contribution in [3.63, 3.8) is 0 Å². The van der Waals surface area contributed by atoms with Gasteiger partial charge < -0.3 is 5.32 Å². The topological polar surface area (TPSA) is 15.3 Å². The lowest BCUT2D eigenvalue weighted by Gasteiger charge is -2.45. The minimum absolute atomic E-state index is 0.753. The normalized spacial score (nSPS) is 36.5. The molecule has 0 aromatic heterocycles. The van der Waals surface area contributed by atoms with Crippen molar-refractivity contribution in [2.45, 2.75) is 82.8 Å². The van der Waals surface area contributed by atoms with Gasteiger partial charge in [-0.05, 0) is 38.0 Å². The lowest BCUT2D eigenvalue weighted by atomic mass is 9.97. The maximum atomic E-state index is 3.78. The van der Waals surface area contributed by atoms with Crippen molar-refractivity contribution >= 4 is 0 Å². The second-order valence-corrected chi connectivity index (χ2v) is 6.76. The fraction of sp³-hybridized carbons (Fsp3) is 1.00. The highest BCUT2D eigenvalue weighted by Crippen LogP contribution is 2.38. The molecule has 0 bridgehead atoms. The maximum Gasteiger partial charge on any atom is 0.0252 e. The number of piperazine rings is 1. The van der Waals surface area contributed by atoms with E-state index in [0.29, 0.717) is 0 Å². The second-order valence-electron chi connectivity index (χ2n) is 6.76. The third-order valence-electron chi connectivity index (χ3n) is 5.43. The number of nitrogens with zero attached hydrogens (tertiary/aromatic N) is 1. The molecule has 0 amide bonds. The highest BCUT2D eigenvalue weighted by atomic mass is 15.3. The minimum atomic E-state index is 0.753. The molecule has 2 aliphatic carbocycles. The molecular formula is C16H30N2. The summed E-state index contributed by atoms with van der Waals surface area (Å²) in [5.41, 5.74) is 0. The van der Waals surface area contributed by atoms with Gasteiger partial charge in [0.05, 0.1) is 0 Å². The van der Waals surface area contributed by atoms with Gasteiger partial charge in [-0.15, -0.1) is 0 Å². The summed E-state index contributed by atoms with van der Waals surface area (Å²) in [5.74, 6) is 1.03. The van der Waals surface area contributed by atoms with Crippen molar-refractivity contribution in [1.82, 2.24) is 10.2 Å². The van der Waals surface area contributed by atoms with Gasteiger partial charge in [0, 0.05) is 31.2 Å². The largest absolute Gasteiger partial charge is 0.311 e. The Morgan fingerprint density at radius 1 is 1.00 bits per heavy atom. The van der Waals surface area contributed by atoms with Gasteiger partial charge in [-0.1, -0.05) is 32.6 Å². The van der Waals surface area contributed by atoms with Crippen LogP contribution in [0.15, 0.2) is 0 Å². The van der Waals surface area contributed by atoms with Crippen LogP contribution in [0.1, 0.15) is 64.7 Å². The van der Waals surface area contributed by atoms with Crippen LogP contribution >= 0.6 is 0 Å². The summed E-state index contributed by atoms with van der Waals surface area (Å²) in [7, 11) is 0. The van der Waals surface area contributed by atoms with E-state index in [2.05, 4.69) is 17.1 Å². The Morgan fingerprint density at radius 2 is 1.72 bits per heavy atom. The smallest absolute Gasteiger partial charge is 0.0252 e. The number of rotatable bonds is 3. The Hall–Kier alpha value is -0.0800. The van der Waals surface area contributed by atoms with Crippen LogP contribution in [-0.2, 0) is 0 Å². The molecule has 3 fully saturated rings. The van der Waals surface area contributed by atoms with Gasteiger partial charge in [-0.2, -0.15) is 0 Å². The highest BCUT2D eigenvalue weighted by Gasteiger charge is 2.40. The molecule has 3 aliphatic rings. The maximum absolute atomic E-state index is 3.78. The fourth-order valence-corrected chi connectivity index (χ4v) is 4.06. The predicted molar refractivity (Wildman–Crippen MR) is 76.8 cm³/mol. The summed E-state index contributed by atoms with van der Waals surface area (Å²) < 4.78 is 0. The van der Waals surface area contributed by atoms with Gasteiger partial charge in [0.2, 0.25) is 0 Å². The first-order valence-electron chi connectivity index (χ1n) is 8.37. The molecule has 1 saturated heterocycles. The average molecular weight is 250 g/mol. The highest BCUT2D eigenvalue weighted by molar-refractivity contribution is 4.97. The first-order chi connectivity index (χ1) is 8.88. The molecule has 0 aromatic carbocycles. The van der Waals surface area contributed by atoms with Crippen molar-refractivity contribution in [3.8, 4) is 0 Å². The van der Waals surface area contributed by atoms with Crippen LogP contribution in [0.25, 0.3) is 0 Å². The molecule has 0 radical (unpaired) electrons. The van der Waals surface area contributed by atoms with E-state index in [1.54, 1.807) is 0 Å². The zero-order valence-electron chi connectivity index (χ0n) is 12.0. The molecule has 2 saturated carbocycles. The van der Waals surface area contributed by atoms with Gasteiger partial charge in [-0.3, -0.25) is 4.90 Å². The molecule has 1 aliphatic heterocycles. The minimum Gasteiger partial charge on any atom is -0.311 e. The van der Waals surface area contributed by atoms with Crippen molar-refractivity contribution < 1.29 is 0 Å². The van der Waals surface area contributed by atoms with Crippen LogP contribution in [-0.4, -0.2) is 36.1 Å². The summed E-state index contributed by atoms with van der Waals surface area (Å²) in [6.07, 6.45) is 13.1. The summed E-state index contributed by atoms with van der Waals surface area (Å²) >= 11 is 0. The molecule has 104 valence electrons. The van der Waals surface area contributed by atoms with Gasteiger partial charge in [0.25, 0.3) is 0 Å². The van der Waals surface area contributed by atoms with E-state index in [9.17, 15) is 0 Å². The summed E-state index contributed by atoms with van der Waals surface area (Å²) in [5, 5.41) is 3.78. The second kappa shape index (κ2) is 5.92. The van der Waals surface area contributed by atoms with Gasteiger partial charge >= 0.3 is 0 Å². The zero-order valence-corrected chi connectivity index (χ0v) is 12.0. The van der Waals surface area contributed by atoms with E-state index >= 15 is 0 Å². The molecule has 0 aromatic rings. The number of hydrogen-bond donors (Lipinski definition) is 1. The first kappa shape index (κ1) is 12.9. The monoisotopic (exact) mass is 250 g/mol. The molecule has 1 N–H and O–H groups in total. The van der Waals surface area contributed by atoms with Gasteiger partial charge in [-0.25, -0.2) is 0 Å². The van der Waals surface area contributed by atoms with Gasteiger partial charge in [0.1, 0.15) is 0 Å². The predicted octanol–water partition coefficient (Wildman–Crippen LogP) is 3.17. The molecule has 0 spiro atoms. The molecule has 3 rings (SSSR count). The van der Waals surface area contributed by atoms with Crippen LogP contribution in [0.3, 0.4) is 0 Å². The zero-order chi connectivity index (χ0) is 12.4. The summed E-state index contributed by atoms with van der Waals surface area (Å²) in [4.78, 5) is 2.94. The molecule has 1 heterocycles. The molecule has 2 unspecified atom stereocenters. The average Bonchev–Trinajstić information content (AvgIpc) is 3.24. The Balaban J connectivity index is 1.66. The number of nitrogens with one attached hydrogen (secondary N) is 1. The Labute approximate surface area is 113 Å². The standard InChI is InChI=1S/C16H30N2/c1-2-14-12-18(15-7-5-3-4-6-8-15)16(11-17-14)13-9-10-13/h13-17H,2-12H2,1H3. The first-order valence-corrected chi connectivity index (χ1v) is 8.37. The van der Waals surface area contributed by atoms with Crippen molar-refractivity contribution in [2.24, 2.45) is 5.92 Å². The molecular weight excluding hydrogens is 220 g/mol. The van der Waals surface area contributed by atoms with Crippen LogP contribution in [0.4, 0.5) is 0 Å². The van der Waals surface area contributed by atoms with E-state index in [1.165, 1.54) is 70.9 Å².